The molecule has 0 radical (unpaired) electrons. The number of benzene rings is 1. The van der Waals surface area contributed by atoms with E-state index in [1.165, 1.54) is 22.9 Å². The molecular weight excluding hydrogens is 521 g/mol. The summed E-state index contributed by atoms with van der Waals surface area (Å²) < 4.78 is 55.7. The van der Waals surface area contributed by atoms with Crippen molar-refractivity contribution >= 4 is 23.7 Å². The molecule has 0 unspecified atom stereocenters. The van der Waals surface area contributed by atoms with Gasteiger partial charge in [0, 0.05) is 30.3 Å². The number of alkyl halides is 3. The van der Waals surface area contributed by atoms with Gasteiger partial charge in [0.15, 0.2) is 0 Å². The molecule has 3 rings (SSSR count). The molecule has 0 aliphatic carbocycles. The zero-order valence-corrected chi connectivity index (χ0v) is 21.1. The maximum Gasteiger partial charge on any atom is 0.471 e. The Hall–Kier alpha value is -3.81. The summed E-state index contributed by atoms with van der Waals surface area (Å²) in [5.41, 5.74) is -0.209. The molecule has 2 aromatic rings. The molecule has 10 nitrogen and oxygen atoms in total. The molecule has 13 heteroatoms. The fraction of sp³-hybridized carbons (Fsp3) is 0.385. The molecule has 2 N–H and O–H groups in total. The number of hydrogen-bond acceptors (Lipinski definition) is 7. The van der Waals surface area contributed by atoms with Crippen LogP contribution >= 0.6 is 0 Å². The maximum atomic E-state index is 13.0. The van der Waals surface area contributed by atoms with Crippen LogP contribution < -0.4 is 16.3 Å². The van der Waals surface area contributed by atoms with Crippen LogP contribution in [0.15, 0.2) is 60.1 Å². The Labute approximate surface area is 222 Å². The van der Waals surface area contributed by atoms with Crippen LogP contribution in [0, 0.1) is 0 Å². The number of hydrogen-bond donors (Lipinski definition) is 2. The molecule has 1 aliphatic heterocycles. The SMILES string of the molecule is C=CCOCO[C@@H]1C[C@H](n2cc(/C=C/CNC(=O)C(F)(F)F)c(NC(=O)c3ccccc3)nc2=O)O[C@@H]1CC. The number of carbonyl (C=O) groups excluding carboxylic acids is 2. The number of anilines is 1. The van der Waals surface area contributed by atoms with E-state index < -0.39 is 36.5 Å². The van der Waals surface area contributed by atoms with Crippen molar-refractivity contribution in [3.8, 4) is 0 Å². The van der Waals surface area contributed by atoms with E-state index in [1.54, 1.807) is 41.7 Å². The molecule has 0 saturated carbocycles. The van der Waals surface area contributed by atoms with Gasteiger partial charge in [0.2, 0.25) is 0 Å². The molecule has 1 aliphatic rings. The maximum absolute atomic E-state index is 13.0. The fourth-order valence-electron chi connectivity index (χ4n) is 3.80. The van der Waals surface area contributed by atoms with Gasteiger partial charge < -0.3 is 24.8 Å². The first kappa shape index (κ1) is 29.7. The highest BCUT2D eigenvalue weighted by Gasteiger charge is 2.38. The van der Waals surface area contributed by atoms with Gasteiger partial charge in [0.05, 0.1) is 18.8 Å². The van der Waals surface area contributed by atoms with E-state index in [1.807, 2.05) is 6.92 Å². The Balaban J connectivity index is 1.85. The van der Waals surface area contributed by atoms with Crippen LogP contribution in [-0.2, 0) is 19.0 Å². The summed E-state index contributed by atoms with van der Waals surface area (Å²) >= 11 is 0. The van der Waals surface area contributed by atoms with Gasteiger partial charge in [-0.15, -0.1) is 6.58 Å². The predicted molar refractivity (Wildman–Crippen MR) is 136 cm³/mol. The van der Waals surface area contributed by atoms with Gasteiger partial charge in [-0.3, -0.25) is 14.2 Å². The van der Waals surface area contributed by atoms with Crippen molar-refractivity contribution in [1.82, 2.24) is 14.9 Å². The Morgan fingerprint density at radius 3 is 2.69 bits per heavy atom. The highest BCUT2D eigenvalue weighted by molar-refractivity contribution is 6.04. The third-order valence-corrected chi connectivity index (χ3v) is 5.68. The molecule has 0 bridgehead atoms. The third-order valence-electron chi connectivity index (χ3n) is 5.68. The Bertz CT molecular complexity index is 1230. The lowest BCUT2D eigenvalue weighted by Gasteiger charge is -2.17. The topological polar surface area (TPSA) is 121 Å². The summed E-state index contributed by atoms with van der Waals surface area (Å²) in [7, 11) is 0. The van der Waals surface area contributed by atoms with Gasteiger partial charge in [-0.25, -0.2) is 4.79 Å². The number of rotatable bonds is 12. The average Bonchev–Trinajstić information content (AvgIpc) is 3.32. The normalized spacial score (nSPS) is 19.2. The number of nitrogens with one attached hydrogen (secondary N) is 2. The smallest absolute Gasteiger partial charge is 0.352 e. The summed E-state index contributed by atoms with van der Waals surface area (Å²) in [5, 5.41) is 4.28. The molecule has 2 amide bonds. The Morgan fingerprint density at radius 2 is 2.03 bits per heavy atom. The quantitative estimate of drug-likeness (QED) is 0.236. The number of carbonyl (C=O) groups is 2. The van der Waals surface area contributed by atoms with Gasteiger partial charge in [-0.1, -0.05) is 43.4 Å². The Kier molecular flexibility index (Phi) is 10.5. The minimum absolute atomic E-state index is 0.0124. The first-order valence-corrected chi connectivity index (χ1v) is 12.1. The van der Waals surface area contributed by atoms with Crippen LogP contribution in [0.4, 0.5) is 19.0 Å². The monoisotopic (exact) mass is 550 g/mol. The van der Waals surface area contributed by atoms with Crippen molar-refractivity contribution in [2.75, 3.05) is 25.3 Å². The second-order valence-electron chi connectivity index (χ2n) is 8.42. The minimum atomic E-state index is -5.03. The standard InChI is InChI=1S/C26H29F3N4O6/c1-3-13-37-16-38-20-14-21(39-19(20)4-2)33-15-18(11-8-12-30-24(35)26(27,28)29)22(32-25(33)36)31-23(34)17-9-6-5-7-10-17/h3,5-11,15,19-21H,1,4,12-14,16H2,2H3,(H,30,35)(H,31,32,34,36)/b11-8+/t19-,20-,21-/m1/s1. The molecule has 210 valence electrons. The van der Waals surface area contributed by atoms with E-state index in [9.17, 15) is 27.6 Å². The number of halogens is 3. The van der Waals surface area contributed by atoms with Crippen LogP contribution in [-0.4, -0.2) is 59.7 Å². The van der Waals surface area contributed by atoms with Crippen LogP contribution in [0.2, 0.25) is 0 Å². The number of amides is 2. The van der Waals surface area contributed by atoms with Gasteiger partial charge >= 0.3 is 17.8 Å². The van der Waals surface area contributed by atoms with Crippen molar-refractivity contribution < 1.29 is 37.0 Å². The molecule has 0 spiro atoms. The summed E-state index contributed by atoms with van der Waals surface area (Å²) in [5.74, 6) is -2.75. The van der Waals surface area contributed by atoms with Gasteiger partial charge in [-0.05, 0) is 18.6 Å². The summed E-state index contributed by atoms with van der Waals surface area (Å²) in [4.78, 5) is 40.8. The van der Waals surface area contributed by atoms with Crippen LogP contribution in [0.1, 0.15) is 41.9 Å². The predicted octanol–water partition coefficient (Wildman–Crippen LogP) is 3.43. The van der Waals surface area contributed by atoms with Crippen LogP contribution in [0.3, 0.4) is 0 Å². The van der Waals surface area contributed by atoms with Crippen LogP contribution in [0.25, 0.3) is 6.08 Å². The van der Waals surface area contributed by atoms with Crippen molar-refractivity contribution in [2.24, 2.45) is 0 Å². The number of ether oxygens (including phenoxy) is 3. The van der Waals surface area contributed by atoms with E-state index >= 15 is 0 Å². The molecule has 1 fully saturated rings. The number of aromatic nitrogens is 2. The second kappa shape index (κ2) is 13.8. The first-order chi connectivity index (χ1) is 18.6. The molecule has 39 heavy (non-hydrogen) atoms. The van der Waals surface area contributed by atoms with E-state index in [0.717, 1.165) is 0 Å². The second-order valence-corrected chi connectivity index (χ2v) is 8.42. The molecule has 1 aromatic carbocycles. The zero-order valence-electron chi connectivity index (χ0n) is 21.1. The average molecular weight is 551 g/mol. The first-order valence-electron chi connectivity index (χ1n) is 12.1. The minimum Gasteiger partial charge on any atom is -0.352 e. The van der Waals surface area contributed by atoms with Gasteiger partial charge in [0.1, 0.15) is 18.8 Å². The molecular formula is C26H29F3N4O6. The highest BCUT2D eigenvalue weighted by Crippen LogP contribution is 2.32. The lowest BCUT2D eigenvalue weighted by molar-refractivity contribution is -0.173. The van der Waals surface area contributed by atoms with Crippen molar-refractivity contribution in [3.63, 3.8) is 0 Å². The molecule has 3 atom stereocenters. The van der Waals surface area contributed by atoms with Crippen molar-refractivity contribution in [2.45, 2.75) is 44.4 Å². The van der Waals surface area contributed by atoms with E-state index in [-0.39, 0.29) is 30.4 Å². The largest absolute Gasteiger partial charge is 0.471 e. The third kappa shape index (κ3) is 8.34. The van der Waals surface area contributed by atoms with Crippen LogP contribution in [0.5, 0.6) is 0 Å². The Morgan fingerprint density at radius 1 is 1.28 bits per heavy atom. The summed E-state index contributed by atoms with van der Waals surface area (Å²) in [6, 6.07) is 8.18. The summed E-state index contributed by atoms with van der Waals surface area (Å²) in [6.45, 7) is 5.34. The van der Waals surface area contributed by atoms with Gasteiger partial charge in [0.25, 0.3) is 5.91 Å². The lowest BCUT2D eigenvalue weighted by Crippen LogP contribution is -2.36. The fourth-order valence-corrected chi connectivity index (χ4v) is 3.80. The van der Waals surface area contributed by atoms with Gasteiger partial charge in [-0.2, -0.15) is 18.2 Å². The molecule has 1 saturated heterocycles. The van der Waals surface area contributed by atoms with Crippen molar-refractivity contribution in [1.29, 1.82) is 0 Å². The summed E-state index contributed by atoms with van der Waals surface area (Å²) in [6.07, 6.45) is -0.0375. The van der Waals surface area contributed by atoms with E-state index in [0.29, 0.717) is 25.0 Å². The van der Waals surface area contributed by atoms with E-state index in [4.69, 9.17) is 14.2 Å². The number of nitrogens with zero attached hydrogens (tertiary/aromatic N) is 2. The zero-order chi connectivity index (χ0) is 28.4. The molecule has 1 aromatic heterocycles. The lowest BCUT2D eigenvalue weighted by atomic mass is 10.1. The van der Waals surface area contributed by atoms with Crippen molar-refractivity contribution in [3.05, 3.63) is 76.9 Å². The molecule has 2 heterocycles. The highest BCUT2D eigenvalue weighted by atomic mass is 19.4. The van der Waals surface area contributed by atoms with E-state index in [2.05, 4.69) is 16.9 Å².